The number of amides is 1. The molecule has 25 heavy (non-hydrogen) atoms. The van der Waals surface area contributed by atoms with E-state index in [0.717, 1.165) is 11.8 Å². The van der Waals surface area contributed by atoms with Crippen molar-refractivity contribution in [3.05, 3.63) is 47.7 Å². The van der Waals surface area contributed by atoms with Gasteiger partial charge in [-0.05, 0) is 23.8 Å². The Labute approximate surface area is 140 Å². The molecule has 0 saturated carbocycles. The Morgan fingerprint density at radius 3 is 2.72 bits per heavy atom. The summed E-state index contributed by atoms with van der Waals surface area (Å²) in [6.45, 7) is -1.02. The van der Waals surface area contributed by atoms with Crippen LogP contribution in [-0.4, -0.2) is 30.5 Å². The van der Waals surface area contributed by atoms with Gasteiger partial charge >= 0.3 is 6.18 Å². The minimum absolute atomic E-state index is 0.166. The van der Waals surface area contributed by atoms with Crippen molar-refractivity contribution in [2.45, 2.75) is 12.7 Å². The average Bonchev–Trinajstić information content (AvgIpc) is 3.05. The third kappa shape index (κ3) is 4.52. The minimum Gasteiger partial charge on any atom is -0.468 e. The molecular formula is C16H13F3N2O4. The zero-order valence-electron chi connectivity index (χ0n) is 12.8. The molecule has 132 valence electrons. The van der Waals surface area contributed by atoms with Crippen LogP contribution in [0, 0.1) is 0 Å². The minimum atomic E-state index is -4.44. The van der Waals surface area contributed by atoms with Crippen molar-refractivity contribution in [1.29, 1.82) is 0 Å². The molecule has 2 heterocycles. The molecule has 0 fully saturated rings. The quantitative estimate of drug-likeness (QED) is 0.894. The molecule has 3 rings (SSSR count). The van der Waals surface area contributed by atoms with Crippen molar-refractivity contribution in [3.63, 3.8) is 0 Å². The van der Waals surface area contributed by atoms with Crippen LogP contribution in [0.3, 0.4) is 0 Å². The maximum absolute atomic E-state index is 12.1. The molecule has 9 heteroatoms. The van der Waals surface area contributed by atoms with E-state index in [1.807, 2.05) is 0 Å². The molecule has 1 aliphatic heterocycles. The van der Waals surface area contributed by atoms with Gasteiger partial charge in [0.25, 0.3) is 5.91 Å². The Hall–Kier alpha value is -2.97. The molecule has 1 aromatic carbocycles. The molecule has 0 aliphatic carbocycles. The van der Waals surface area contributed by atoms with Crippen LogP contribution in [0.5, 0.6) is 17.4 Å². The number of halogens is 3. The van der Waals surface area contributed by atoms with E-state index in [0.29, 0.717) is 11.5 Å². The maximum Gasteiger partial charge on any atom is 0.422 e. The van der Waals surface area contributed by atoms with Gasteiger partial charge in [-0.3, -0.25) is 4.79 Å². The molecule has 0 atom stereocenters. The Morgan fingerprint density at radius 2 is 2.00 bits per heavy atom. The van der Waals surface area contributed by atoms with Crippen LogP contribution < -0.4 is 19.5 Å². The lowest BCUT2D eigenvalue weighted by Gasteiger charge is -2.09. The van der Waals surface area contributed by atoms with Crippen LogP contribution in [-0.2, 0) is 6.54 Å². The van der Waals surface area contributed by atoms with Gasteiger partial charge in [0, 0.05) is 18.8 Å². The second kappa shape index (κ2) is 6.88. The molecule has 2 aromatic rings. The molecule has 1 N–H and O–H groups in total. The maximum atomic E-state index is 12.1. The number of nitrogens with zero attached hydrogens (tertiary/aromatic N) is 1. The van der Waals surface area contributed by atoms with E-state index >= 15 is 0 Å². The number of nitrogens with one attached hydrogen (secondary N) is 1. The normalized spacial score (nSPS) is 12.8. The van der Waals surface area contributed by atoms with Gasteiger partial charge in [-0.25, -0.2) is 4.98 Å². The SMILES string of the molecule is O=C(NCc1ccc2c(c1)OCO2)c1ccc(OCC(F)(F)F)nc1. The lowest BCUT2D eigenvalue weighted by Crippen LogP contribution is -2.23. The molecule has 0 radical (unpaired) electrons. The van der Waals surface area contributed by atoms with Crippen LogP contribution in [0.4, 0.5) is 13.2 Å². The highest BCUT2D eigenvalue weighted by atomic mass is 19.4. The molecule has 0 spiro atoms. The Morgan fingerprint density at radius 1 is 1.20 bits per heavy atom. The second-order valence-corrected chi connectivity index (χ2v) is 5.16. The van der Waals surface area contributed by atoms with Crippen LogP contribution in [0.2, 0.25) is 0 Å². The van der Waals surface area contributed by atoms with Gasteiger partial charge in [-0.15, -0.1) is 0 Å². The number of hydrogen-bond donors (Lipinski definition) is 1. The fraction of sp³-hybridized carbons (Fsp3) is 0.250. The van der Waals surface area contributed by atoms with Crippen LogP contribution in [0.15, 0.2) is 36.5 Å². The number of benzene rings is 1. The molecule has 1 aliphatic rings. The highest BCUT2D eigenvalue weighted by Gasteiger charge is 2.28. The average molecular weight is 354 g/mol. The van der Waals surface area contributed by atoms with E-state index in [1.54, 1.807) is 18.2 Å². The molecule has 1 aromatic heterocycles. The second-order valence-electron chi connectivity index (χ2n) is 5.16. The van der Waals surface area contributed by atoms with Crippen molar-refractivity contribution in [2.24, 2.45) is 0 Å². The number of ether oxygens (including phenoxy) is 3. The van der Waals surface area contributed by atoms with E-state index < -0.39 is 18.7 Å². The summed E-state index contributed by atoms with van der Waals surface area (Å²) in [6, 6.07) is 7.85. The predicted molar refractivity (Wildman–Crippen MR) is 79.5 cm³/mol. The fourth-order valence-electron chi connectivity index (χ4n) is 2.09. The van der Waals surface area contributed by atoms with Crippen molar-refractivity contribution >= 4 is 5.91 Å². The summed E-state index contributed by atoms with van der Waals surface area (Å²) < 4.78 is 51.1. The summed E-state index contributed by atoms with van der Waals surface area (Å²) in [5, 5.41) is 2.69. The topological polar surface area (TPSA) is 69.7 Å². The number of alkyl halides is 3. The summed E-state index contributed by atoms with van der Waals surface area (Å²) in [5.74, 6) is 0.644. The number of hydrogen-bond acceptors (Lipinski definition) is 5. The van der Waals surface area contributed by atoms with E-state index in [4.69, 9.17) is 9.47 Å². The first kappa shape index (κ1) is 16.9. The molecule has 0 unspecified atom stereocenters. The van der Waals surface area contributed by atoms with Gasteiger partial charge in [0.15, 0.2) is 18.1 Å². The van der Waals surface area contributed by atoms with E-state index in [1.165, 1.54) is 12.1 Å². The van der Waals surface area contributed by atoms with E-state index in [-0.39, 0.29) is 24.8 Å². The number of carbonyl (C=O) groups excluding carboxylic acids is 1. The van der Waals surface area contributed by atoms with Gasteiger partial charge < -0.3 is 19.5 Å². The van der Waals surface area contributed by atoms with Gasteiger partial charge in [0.2, 0.25) is 12.7 Å². The van der Waals surface area contributed by atoms with E-state index in [2.05, 4.69) is 15.0 Å². The zero-order chi connectivity index (χ0) is 17.9. The standard InChI is InChI=1S/C16H13F3N2O4/c17-16(18,19)8-23-14-4-2-11(7-20-14)15(22)21-6-10-1-3-12-13(5-10)25-9-24-12/h1-5,7H,6,8-9H2,(H,21,22). The number of carbonyl (C=O) groups is 1. The Balaban J connectivity index is 1.54. The molecular weight excluding hydrogens is 341 g/mol. The Bertz CT molecular complexity index is 763. The van der Waals surface area contributed by atoms with E-state index in [9.17, 15) is 18.0 Å². The van der Waals surface area contributed by atoms with Crippen LogP contribution in [0.1, 0.15) is 15.9 Å². The number of fused-ring (bicyclic) bond motifs is 1. The van der Waals surface area contributed by atoms with Gasteiger partial charge in [-0.1, -0.05) is 6.07 Å². The Kier molecular flexibility index (Phi) is 4.64. The first-order chi connectivity index (χ1) is 11.9. The van der Waals surface area contributed by atoms with Gasteiger partial charge in [-0.2, -0.15) is 13.2 Å². The van der Waals surface area contributed by atoms with Gasteiger partial charge in [0.05, 0.1) is 5.56 Å². The zero-order valence-corrected chi connectivity index (χ0v) is 12.8. The summed E-state index contributed by atoms with van der Waals surface area (Å²) in [5.41, 5.74) is 1.02. The summed E-state index contributed by atoms with van der Waals surface area (Å²) in [4.78, 5) is 15.7. The largest absolute Gasteiger partial charge is 0.468 e. The summed E-state index contributed by atoms with van der Waals surface area (Å²) >= 11 is 0. The van der Waals surface area contributed by atoms with Crippen molar-refractivity contribution in [1.82, 2.24) is 10.3 Å². The smallest absolute Gasteiger partial charge is 0.422 e. The number of aromatic nitrogens is 1. The molecule has 1 amide bonds. The fourth-order valence-corrected chi connectivity index (χ4v) is 2.09. The van der Waals surface area contributed by atoms with Crippen LogP contribution >= 0.6 is 0 Å². The van der Waals surface area contributed by atoms with Crippen molar-refractivity contribution < 1.29 is 32.2 Å². The highest BCUT2D eigenvalue weighted by Crippen LogP contribution is 2.32. The lowest BCUT2D eigenvalue weighted by atomic mass is 10.2. The van der Waals surface area contributed by atoms with Crippen molar-refractivity contribution in [2.75, 3.05) is 13.4 Å². The molecule has 0 bridgehead atoms. The highest BCUT2D eigenvalue weighted by molar-refractivity contribution is 5.93. The lowest BCUT2D eigenvalue weighted by molar-refractivity contribution is -0.154. The van der Waals surface area contributed by atoms with Crippen molar-refractivity contribution in [3.8, 4) is 17.4 Å². The summed E-state index contributed by atoms with van der Waals surface area (Å²) in [6.07, 6.45) is -3.29. The third-order valence-corrected chi connectivity index (χ3v) is 3.27. The first-order valence-electron chi connectivity index (χ1n) is 7.23. The summed E-state index contributed by atoms with van der Waals surface area (Å²) in [7, 11) is 0. The van der Waals surface area contributed by atoms with Gasteiger partial charge in [0.1, 0.15) is 0 Å². The third-order valence-electron chi connectivity index (χ3n) is 3.27. The molecule has 6 nitrogen and oxygen atoms in total. The van der Waals surface area contributed by atoms with Crippen LogP contribution in [0.25, 0.3) is 0 Å². The number of rotatable bonds is 5. The number of pyridine rings is 1. The first-order valence-corrected chi connectivity index (χ1v) is 7.23. The molecule has 0 saturated heterocycles. The monoisotopic (exact) mass is 354 g/mol. The predicted octanol–water partition coefficient (Wildman–Crippen LogP) is 2.68.